The van der Waals surface area contributed by atoms with Crippen molar-refractivity contribution >= 4 is 34.7 Å². The first-order valence-corrected chi connectivity index (χ1v) is 8.26. The highest BCUT2D eigenvalue weighted by Crippen LogP contribution is 2.30. The van der Waals surface area contributed by atoms with Crippen LogP contribution in [0, 0.1) is 6.92 Å². The normalized spacial score (nSPS) is 23.2. The summed E-state index contributed by atoms with van der Waals surface area (Å²) in [5.41, 5.74) is 6.51. The van der Waals surface area contributed by atoms with Crippen LogP contribution in [0.3, 0.4) is 0 Å². The summed E-state index contributed by atoms with van der Waals surface area (Å²) in [6, 6.07) is 2.11. The summed E-state index contributed by atoms with van der Waals surface area (Å²) in [6.45, 7) is 4.12. The smallest absolute Gasteiger partial charge is 0.261 e. The van der Waals surface area contributed by atoms with E-state index in [1.54, 1.807) is 6.07 Å². The number of rotatable bonds is 4. The first-order valence-electron chi connectivity index (χ1n) is 6.40. The first kappa shape index (κ1) is 13.7. The SMILES string of the molecule is CCSC1CCCC1NC(=O)c1cc(N)c(C)s1. The lowest BCUT2D eigenvalue weighted by Crippen LogP contribution is -2.38. The Kier molecular flexibility index (Phi) is 4.56. The lowest BCUT2D eigenvalue weighted by molar-refractivity contribution is 0.0943. The zero-order valence-electron chi connectivity index (χ0n) is 10.9. The molecule has 1 aromatic rings. The Morgan fingerprint density at radius 3 is 3.00 bits per heavy atom. The van der Waals surface area contributed by atoms with Gasteiger partial charge in [0.05, 0.1) is 4.88 Å². The van der Waals surface area contributed by atoms with Crippen LogP contribution < -0.4 is 11.1 Å². The molecule has 3 nitrogen and oxygen atoms in total. The molecule has 1 aliphatic carbocycles. The van der Waals surface area contributed by atoms with Crippen LogP contribution in [-0.2, 0) is 0 Å². The molecule has 0 spiro atoms. The minimum absolute atomic E-state index is 0.0356. The summed E-state index contributed by atoms with van der Waals surface area (Å²) in [5, 5.41) is 3.75. The van der Waals surface area contributed by atoms with Gasteiger partial charge in [-0.1, -0.05) is 13.3 Å². The van der Waals surface area contributed by atoms with Gasteiger partial charge in [-0.05, 0) is 31.6 Å². The molecule has 0 saturated heterocycles. The van der Waals surface area contributed by atoms with Crippen LogP contribution in [0.1, 0.15) is 40.7 Å². The molecule has 0 aromatic carbocycles. The number of hydrogen-bond donors (Lipinski definition) is 2. The van der Waals surface area contributed by atoms with Crippen molar-refractivity contribution in [3.05, 3.63) is 15.8 Å². The molecular weight excluding hydrogens is 264 g/mol. The molecule has 5 heteroatoms. The fourth-order valence-electron chi connectivity index (χ4n) is 2.35. The molecule has 100 valence electrons. The van der Waals surface area contributed by atoms with Gasteiger partial charge in [-0.25, -0.2) is 0 Å². The second-order valence-corrected chi connectivity index (χ2v) is 7.40. The number of amides is 1. The molecule has 0 bridgehead atoms. The van der Waals surface area contributed by atoms with Crippen LogP contribution in [0.15, 0.2) is 6.07 Å². The van der Waals surface area contributed by atoms with Gasteiger partial charge in [0.15, 0.2) is 0 Å². The maximum Gasteiger partial charge on any atom is 0.261 e. The first-order chi connectivity index (χ1) is 8.61. The number of thioether (sulfide) groups is 1. The minimum Gasteiger partial charge on any atom is -0.398 e. The van der Waals surface area contributed by atoms with Crippen molar-refractivity contribution in [3.63, 3.8) is 0 Å². The zero-order valence-corrected chi connectivity index (χ0v) is 12.5. The third-order valence-corrected chi connectivity index (χ3v) is 5.72. The average Bonchev–Trinajstić information content (AvgIpc) is 2.88. The Morgan fingerprint density at radius 1 is 1.61 bits per heavy atom. The summed E-state index contributed by atoms with van der Waals surface area (Å²) < 4.78 is 0. The molecule has 18 heavy (non-hydrogen) atoms. The van der Waals surface area contributed by atoms with Crippen molar-refractivity contribution < 1.29 is 4.79 Å². The number of carbonyl (C=O) groups excluding carboxylic acids is 1. The summed E-state index contributed by atoms with van der Waals surface area (Å²) in [7, 11) is 0. The maximum absolute atomic E-state index is 12.2. The van der Waals surface area contributed by atoms with Gasteiger partial charge in [0, 0.05) is 21.9 Å². The highest BCUT2D eigenvalue weighted by molar-refractivity contribution is 7.99. The van der Waals surface area contributed by atoms with Gasteiger partial charge < -0.3 is 11.1 Å². The largest absolute Gasteiger partial charge is 0.398 e. The highest BCUT2D eigenvalue weighted by atomic mass is 32.2. The van der Waals surface area contributed by atoms with Crippen molar-refractivity contribution in [1.29, 1.82) is 0 Å². The number of nitrogen functional groups attached to an aromatic ring is 1. The number of nitrogens with two attached hydrogens (primary N) is 1. The second kappa shape index (κ2) is 5.97. The fourth-order valence-corrected chi connectivity index (χ4v) is 4.39. The number of nitrogens with one attached hydrogen (secondary N) is 1. The maximum atomic E-state index is 12.2. The summed E-state index contributed by atoms with van der Waals surface area (Å²) in [4.78, 5) is 13.9. The van der Waals surface area contributed by atoms with Crippen LogP contribution in [0.2, 0.25) is 0 Å². The van der Waals surface area contributed by atoms with E-state index in [-0.39, 0.29) is 5.91 Å². The Bertz CT molecular complexity index is 411. The molecule has 1 fully saturated rings. The highest BCUT2D eigenvalue weighted by Gasteiger charge is 2.29. The van der Waals surface area contributed by atoms with Gasteiger partial charge in [0.1, 0.15) is 0 Å². The van der Waals surface area contributed by atoms with E-state index >= 15 is 0 Å². The number of anilines is 1. The van der Waals surface area contributed by atoms with E-state index in [1.165, 1.54) is 24.2 Å². The Hall–Kier alpha value is -0.680. The van der Waals surface area contributed by atoms with Gasteiger partial charge in [0.2, 0.25) is 0 Å². The average molecular weight is 284 g/mol. The van der Waals surface area contributed by atoms with Crippen molar-refractivity contribution in [2.75, 3.05) is 11.5 Å². The lowest BCUT2D eigenvalue weighted by atomic mass is 10.2. The predicted molar refractivity (Wildman–Crippen MR) is 80.5 cm³/mol. The summed E-state index contributed by atoms with van der Waals surface area (Å²) in [5.74, 6) is 1.15. The zero-order chi connectivity index (χ0) is 13.1. The van der Waals surface area contributed by atoms with Crippen molar-refractivity contribution in [1.82, 2.24) is 5.32 Å². The Balaban J connectivity index is 1.98. The van der Waals surface area contributed by atoms with E-state index in [0.29, 0.717) is 11.3 Å². The quantitative estimate of drug-likeness (QED) is 0.893. The van der Waals surface area contributed by atoms with E-state index in [2.05, 4.69) is 12.2 Å². The molecule has 2 atom stereocenters. The van der Waals surface area contributed by atoms with E-state index in [4.69, 9.17) is 5.73 Å². The van der Waals surface area contributed by atoms with Crippen LogP contribution >= 0.6 is 23.1 Å². The third-order valence-electron chi connectivity index (χ3n) is 3.33. The van der Waals surface area contributed by atoms with Crippen molar-refractivity contribution in [3.8, 4) is 0 Å². The molecule has 1 saturated carbocycles. The van der Waals surface area contributed by atoms with Crippen molar-refractivity contribution in [2.24, 2.45) is 0 Å². The van der Waals surface area contributed by atoms with Gasteiger partial charge in [-0.15, -0.1) is 11.3 Å². The van der Waals surface area contributed by atoms with E-state index < -0.39 is 0 Å². The second-order valence-electron chi connectivity index (χ2n) is 4.63. The molecular formula is C13H20N2OS2. The van der Waals surface area contributed by atoms with E-state index in [0.717, 1.165) is 27.6 Å². The van der Waals surface area contributed by atoms with Crippen LogP contribution in [0.25, 0.3) is 0 Å². The van der Waals surface area contributed by atoms with Crippen molar-refractivity contribution in [2.45, 2.75) is 44.4 Å². The van der Waals surface area contributed by atoms with Gasteiger partial charge in [0.25, 0.3) is 5.91 Å². The van der Waals surface area contributed by atoms with Crippen LogP contribution in [0.5, 0.6) is 0 Å². The molecule has 1 aliphatic rings. The molecule has 3 N–H and O–H groups in total. The van der Waals surface area contributed by atoms with Gasteiger partial charge in [-0.2, -0.15) is 11.8 Å². The minimum atomic E-state index is 0.0356. The molecule has 2 unspecified atom stereocenters. The number of carbonyl (C=O) groups is 1. The number of aryl methyl sites for hydroxylation is 1. The third kappa shape index (κ3) is 3.01. The van der Waals surface area contributed by atoms with Gasteiger partial charge in [-0.3, -0.25) is 4.79 Å². The molecule has 0 aliphatic heterocycles. The number of hydrogen-bond acceptors (Lipinski definition) is 4. The molecule has 0 radical (unpaired) electrons. The molecule has 1 heterocycles. The van der Waals surface area contributed by atoms with Crippen LogP contribution in [0.4, 0.5) is 5.69 Å². The molecule has 1 amide bonds. The standard InChI is InChI=1S/C13H20N2OS2/c1-3-17-11-6-4-5-10(11)15-13(16)12-7-9(14)8(2)18-12/h7,10-11H,3-6,14H2,1-2H3,(H,15,16). The molecule has 1 aromatic heterocycles. The topological polar surface area (TPSA) is 55.1 Å². The molecule has 2 rings (SSSR count). The van der Waals surface area contributed by atoms with Crippen LogP contribution in [-0.4, -0.2) is 23.0 Å². The lowest BCUT2D eigenvalue weighted by Gasteiger charge is -2.19. The summed E-state index contributed by atoms with van der Waals surface area (Å²) >= 11 is 3.43. The summed E-state index contributed by atoms with van der Waals surface area (Å²) in [6.07, 6.45) is 3.53. The number of thiophene rings is 1. The Labute approximate surface area is 117 Å². The monoisotopic (exact) mass is 284 g/mol. The fraction of sp³-hybridized carbons (Fsp3) is 0.615. The Morgan fingerprint density at radius 2 is 2.39 bits per heavy atom. The van der Waals surface area contributed by atoms with Gasteiger partial charge >= 0.3 is 0 Å². The van der Waals surface area contributed by atoms with E-state index in [9.17, 15) is 4.79 Å². The van der Waals surface area contributed by atoms with E-state index in [1.807, 2.05) is 18.7 Å². The predicted octanol–water partition coefficient (Wildman–Crippen LogP) is 3.04.